The van der Waals surface area contributed by atoms with Crippen LogP contribution in [-0.2, 0) is 6.54 Å². The lowest BCUT2D eigenvalue weighted by atomic mass is 10.3. The fourth-order valence-corrected chi connectivity index (χ4v) is 2.24. The van der Waals surface area contributed by atoms with E-state index in [0.29, 0.717) is 0 Å². The van der Waals surface area contributed by atoms with E-state index in [2.05, 4.69) is 29.0 Å². The lowest BCUT2D eigenvalue weighted by Crippen LogP contribution is -2.25. The van der Waals surface area contributed by atoms with E-state index in [1.54, 1.807) is 0 Å². The van der Waals surface area contributed by atoms with Crippen LogP contribution in [0.3, 0.4) is 0 Å². The summed E-state index contributed by atoms with van der Waals surface area (Å²) in [6, 6.07) is 4.65. The molecular weight excluding hydrogens is 246 g/mol. The van der Waals surface area contributed by atoms with Gasteiger partial charge in [0.25, 0.3) is 0 Å². The Morgan fingerprint density at radius 2 is 2.17 bits per heavy atom. The van der Waals surface area contributed by atoms with Gasteiger partial charge >= 0.3 is 0 Å². The van der Waals surface area contributed by atoms with Crippen LogP contribution in [0.25, 0.3) is 0 Å². The number of anilines is 1. The summed E-state index contributed by atoms with van der Waals surface area (Å²) in [6.45, 7) is 7.23. The monoisotopic (exact) mass is 267 g/mol. The molecule has 0 radical (unpaired) electrons. The maximum atomic E-state index is 6.24. The third-order valence-corrected chi connectivity index (χ3v) is 3.64. The summed E-state index contributed by atoms with van der Waals surface area (Å²) < 4.78 is 0. The van der Waals surface area contributed by atoms with Gasteiger partial charge in [-0.3, -0.25) is 4.90 Å². The molecule has 1 fully saturated rings. The molecule has 0 spiro atoms. The van der Waals surface area contributed by atoms with Crippen LogP contribution in [0.5, 0.6) is 0 Å². The second-order valence-electron chi connectivity index (χ2n) is 4.85. The summed E-state index contributed by atoms with van der Waals surface area (Å²) in [5, 5.41) is 4.08. The molecule has 0 saturated heterocycles. The minimum absolute atomic E-state index is 0.750. The molecular formula is C14H22ClN3. The van der Waals surface area contributed by atoms with E-state index in [1.165, 1.54) is 12.8 Å². The first kappa shape index (κ1) is 13.6. The Hall–Kier alpha value is -0.800. The number of pyridine rings is 1. The fourth-order valence-electron chi connectivity index (χ4n) is 2.08. The van der Waals surface area contributed by atoms with E-state index in [0.717, 1.165) is 48.6 Å². The molecule has 4 heteroatoms. The van der Waals surface area contributed by atoms with Crippen LogP contribution in [0.1, 0.15) is 38.8 Å². The van der Waals surface area contributed by atoms with Gasteiger partial charge in [-0.1, -0.05) is 25.4 Å². The first-order chi connectivity index (χ1) is 8.74. The number of halogens is 1. The van der Waals surface area contributed by atoms with E-state index < -0.39 is 0 Å². The standard InChI is InChI=1S/C14H22ClN3/c1-3-9-16-14-8-7-12(15)13(17-14)10-18(4-2)11-5-6-11/h7-8,11H,3-6,9-10H2,1-2H3,(H,16,17). The molecule has 1 aromatic rings. The molecule has 1 heterocycles. The van der Waals surface area contributed by atoms with Gasteiger partial charge in [0.1, 0.15) is 5.82 Å². The minimum atomic E-state index is 0.750. The highest BCUT2D eigenvalue weighted by Gasteiger charge is 2.28. The van der Waals surface area contributed by atoms with Crippen molar-refractivity contribution < 1.29 is 0 Å². The van der Waals surface area contributed by atoms with Gasteiger partial charge in [-0.15, -0.1) is 0 Å². The van der Waals surface area contributed by atoms with Gasteiger partial charge in [-0.25, -0.2) is 4.98 Å². The van der Waals surface area contributed by atoms with E-state index >= 15 is 0 Å². The smallest absolute Gasteiger partial charge is 0.126 e. The van der Waals surface area contributed by atoms with E-state index in [9.17, 15) is 0 Å². The fraction of sp³-hybridized carbons (Fsp3) is 0.643. The van der Waals surface area contributed by atoms with Gasteiger partial charge in [0, 0.05) is 19.1 Å². The maximum Gasteiger partial charge on any atom is 0.126 e. The van der Waals surface area contributed by atoms with Crippen molar-refractivity contribution in [2.75, 3.05) is 18.4 Å². The van der Waals surface area contributed by atoms with Crippen LogP contribution in [-0.4, -0.2) is 29.0 Å². The Morgan fingerprint density at radius 1 is 1.39 bits per heavy atom. The molecule has 1 saturated carbocycles. The molecule has 18 heavy (non-hydrogen) atoms. The minimum Gasteiger partial charge on any atom is -0.370 e. The van der Waals surface area contributed by atoms with Gasteiger partial charge in [-0.2, -0.15) is 0 Å². The third-order valence-electron chi connectivity index (χ3n) is 3.30. The number of rotatable bonds is 7. The van der Waals surface area contributed by atoms with Gasteiger partial charge in [0.2, 0.25) is 0 Å². The summed E-state index contributed by atoms with van der Waals surface area (Å²) >= 11 is 6.24. The number of aromatic nitrogens is 1. The number of nitrogens with one attached hydrogen (secondary N) is 1. The Labute approximate surface area is 115 Å². The van der Waals surface area contributed by atoms with Crippen LogP contribution >= 0.6 is 11.6 Å². The summed E-state index contributed by atoms with van der Waals surface area (Å²) in [5.74, 6) is 0.933. The van der Waals surface area contributed by atoms with Crippen molar-refractivity contribution in [3.05, 3.63) is 22.8 Å². The van der Waals surface area contributed by atoms with Crippen molar-refractivity contribution in [3.63, 3.8) is 0 Å². The molecule has 1 aromatic heterocycles. The Kier molecular flexibility index (Phi) is 4.84. The Balaban J connectivity index is 2.04. The lowest BCUT2D eigenvalue weighted by molar-refractivity contribution is 0.266. The molecule has 3 nitrogen and oxygen atoms in total. The summed E-state index contributed by atoms with van der Waals surface area (Å²) in [5.41, 5.74) is 0.992. The van der Waals surface area contributed by atoms with E-state index in [4.69, 9.17) is 11.6 Å². The number of nitrogens with zero attached hydrogens (tertiary/aromatic N) is 2. The van der Waals surface area contributed by atoms with Crippen molar-refractivity contribution in [1.29, 1.82) is 0 Å². The van der Waals surface area contributed by atoms with Crippen LogP contribution in [0.15, 0.2) is 12.1 Å². The van der Waals surface area contributed by atoms with Gasteiger partial charge in [-0.05, 0) is 37.9 Å². The van der Waals surface area contributed by atoms with Crippen molar-refractivity contribution in [3.8, 4) is 0 Å². The molecule has 1 aliphatic carbocycles. The zero-order valence-electron chi connectivity index (χ0n) is 11.2. The Bertz CT molecular complexity index is 391. The molecule has 0 unspecified atom stereocenters. The highest BCUT2D eigenvalue weighted by Crippen LogP contribution is 2.29. The predicted molar refractivity (Wildman–Crippen MR) is 77.1 cm³/mol. The van der Waals surface area contributed by atoms with Crippen LogP contribution < -0.4 is 5.32 Å². The van der Waals surface area contributed by atoms with Crippen LogP contribution in [0.2, 0.25) is 5.02 Å². The number of hydrogen-bond donors (Lipinski definition) is 1. The second kappa shape index (κ2) is 6.39. The van der Waals surface area contributed by atoms with Gasteiger partial charge < -0.3 is 5.32 Å². The molecule has 100 valence electrons. The van der Waals surface area contributed by atoms with E-state index in [-0.39, 0.29) is 0 Å². The normalized spacial score (nSPS) is 15.1. The van der Waals surface area contributed by atoms with E-state index in [1.807, 2.05) is 12.1 Å². The Morgan fingerprint density at radius 3 is 2.78 bits per heavy atom. The van der Waals surface area contributed by atoms with Gasteiger partial charge in [0.05, 0.1) is 10.7 Å². The van der Waals surface area contributed by atoms with Crippen molar-refractivity contribution >= 4 is 17.4 Å². The summed E-state index contributed by atoms with van der Waals surface area (Å²) in [6.07, 6.45) is 3.74. The number of hydrogen-bond acceptors (Lipinski definition) is 3. The second-order valence-corrected chi connectivity index (χ2v) is 5.25. The maximum absolute atomic E-state index is 6.24. The highest BCUT2D eigenvalue weighted by molar-refractivity contribution is 6.31. The van der Waals surface area contributed by atoms with Crippen molar-refractivity contribution in [1.82, 2.24) is 9.88 Å². The molecule has 1 aliphatic rings. The zero-order chi connectivity index (χ0) is 13.0. The van der Waals surface area contributed by atoms with Crippen molar-refractivity contribution in [2.24, 2.45) is 0 Å². The zero-order valence-corrected chi connectivity index (χ0v) is 12.0. The molecule has 0 amide bonds. The SMILES string of the molecule is CCCNc1ccc(Cl)c(CN(CC)C2CC2)n1. The quantitative estimate of drug-likeness (QED) is 0.819. The molecule has 0 atom stereocenters. The average Bonchev–Trinajstić information content (AvgIpc) is 3.20. The first-order valence-corrected chi connectivity index (χ1v) is 7.25. The van der Waals surface area contributed by atoms with Gasteiger partial charge in [0.15, 0.2) is 0 Å². The lowest BCUT2D eigenvalue weighted by Gasteiger charge is -2.20. The average molecular weight is 268 g/mol. The van der Waals surface area contributed by atoms with Crippen molar-refractivity contribution in [2.45, 2.75) is 45.7 Å². The first-order valence-electron chi connectivity index (χ1n) is 6.88. The van der Waals surface area contributed by atoms with Crippen LogP contribution in [0.4, 0.5) is 5.82 Å². The third kappa shape index (κ3) is 3.59. The molecule has 2 rings (SSSR count). The molecule has 0 aromatic carbocycles. The molecule has 0 bridgehead atoms. The summed E-state index contributed by atoms with van der Waals surface area (Å²) in [4.78, 5) is 7.08. The van der Waals surface area contributed by atoms with Crippen LogP contribution in [0, 0.1) is 0 Å². The molecule has 0 aliphatic heterocycles. The predicted octanol–water partition coefficient (Wildman–Crippen LogP) is 3.54. The summed E-state index contributed by atoms with van der Waals surface area (Å²) in [7, 11) is 0. The largest absolute Gasteiger partial charge is 0.370 e. The molecule has 1 N–H and O–H groups in total. The highest BCUT2D eigenvalue weighted by atomic mass is 35.5. The topological polar surface area (TPSA) is 28.2 Å².